The molecule has 0 fully saturated rings. The Hall–Kier alpha value is -2.63. The van der Waals surface area contributed by atoms with Crippen LogP contribution in [0.2, 0.25) is 5.02 Å². The quantitative estimate of drug-likeness (QED) is 0.741. The van der Waals surface area contributed by atoms with Crippen molar-refractivity contribution in [1.29, 1.82) is 0 Å². The molecule has 1 amide bonds. The number of ether oxygens (including phenoxy) is 1. The molecule has 2 aromatic carbocycles. The number of amides is 1. The Labute approximate surface area is 162 Å². The van der Waals surface area contributed by atoms with Crippen LogP contribution in [0.3, 0.4) is 0 Å². The molecule has 0 aliphatic carbocycles. The van der Waals surface area contributed by atoms with E-state index >= 15 is 0 Å². The SMILES string of the molecule is Cc1cccc(CNC(=O)c2cc3n(n2)C[C@@H](c2ccc(Cl)cc2)OC3)c1. The third-order valence-electron chi connectivity index (χ3n) is 4.64. The second-order valence-electron chi connectivity index (χ2n) is 6.73. The van der Waals surface area contributed by atoms with E-state index in [2.05, 4.69) is 16.5 Å². The van der Waals surface area contributed by atoms with Gasteiger partial charge in [0.2, 0.25) is 0 Å². The number of aryl methyl sites for hydroxylation is 1. The molecule has 1 aliphatic rings. The van der Waals surface area contributed by atoms with Crippen LogP contribution in [-0.2, 0) is 24.4 Å². The maximum absolute atomic E-state index is 12.5. The van der Waals surface area contributed by atoms with Crippen LogP contribution in [0.5, 0.6) is 0 Å². The third kappa shape index (κ3) is 4.04. The first-order chi connectivity index (χ1) is 13.1. The fraction of sp³-hybridized carbons (Fsp3) is 0.238. The summed E-state index contributed by atoms with van der Waals surface area (Å²) < 4.78 is 7.78. The van der Waals surface area contributed by atoms with Crippen LogP contribution in [0.1, 0.15) is 39.0 Å². The highest BCUT2D eigenvalue weighted by molar-refractivity contribution is 6.30. The van der Waals surface area contributed by atoms with Crippen molar-refractivity contribution in [1.82, 2.24) is 15.1 Å². The van der Waals surface area contributed by atoms with E-state index in [9.17, 15) is 4.79 Å². The molecule has 0 unspecified atom stereocenters. The summed E-state index contributed by atoms with van der Waals surface area (Å²) in [4.78, 5) is 12.5. The van der Waals surface area contributed by atoms with Crippen LogP contribution < -0.4 is 5.32 Å². The molecule has 0 radical (unpaired) electrons. The number of rotatable bonds is 4. The average molecular weight is 382 g/mol. The Balaban J connectivity index is 1.43. The predicted molar refractivity (Wildman–Crippen MR) is 104 cm³/mol. The molecule has 138 valence electrons. The fourth-order valence-electron chi connectivity index (χ4n) is 3.21. The van der Waals surface area contributed by atoms with Gasteiger partial charge in [0.05, 0.1) is 18.8 Å². The number of fused-ring (bicyclic) bond motifs is 1. The number of aromatic nitrogens is 2. The fourth-order valence-corrected chi connectivity index (χ4v) is 3.34. The first-order valence-electron chi connectivity index (χ1n) is 8.86. The molecule has 0 saturated carbocycles. The first-order valence-corrected chi connectivity index (χ1v) is 9.24. The molecule has 0 saturated heterocycles. The molecule has 4 rings (SSSR count). The molecule has 6 heteroatoms. The minimum Gasteiger partial charge on any atom is -0.365 e. The zero-order valence-corrected chi connectivity index (χ0v) is 15.7. The number of hydrogen-bond donors (Lipinski definition) is 1. The largest absolute Gasteiger partial charge is 0.365 e. The summed E-state index contributed by atoms with van der Waals surface area (Å²) in [5.41, 5.74) is 4.60. The Kier molecular flexibility index (Phi) is 4.97. The standard InChI is InChI=1S/C21H20ClN3O2/c1-14-3-2-4-15(9-14)11-23-21(26)19-10-18-13-27-20(12-25(18)24-19)16-5-7-17(22)8-6-16/h2-10,20H,11-13H2,1H3,(H,23,26)/t20-/m0/s1. The summed E-state index contributed by atoms with van der Waals surface area (Å²) in [6, 6.07) is 17.5. The summed E-state index contributed by atoms with van der Waals surface area (Å²) in [6.07, 6.45) is -0.0992. The van der Waals surface area contributed by atoms with Gasteiger partial charge in [0.1, 0.15) is 6.10 Å². The van der Waals surface area contributed by atoms with Gasteiger partial charge in [-0.25, -0.2) is 0 Å². The van der Waals surface area contributed by atoms with Crippen molar-refractivity contribution in [3.63, 3.8) is 0 Å². The van der Waals surface area contributed by atoms with Gasteiger partial charge < -0.3 is 10.1 Å². The van der Waals surface area contributed by atoms with E-state index in [0.717, 1.165) is 16.8 Å². The highest BCUT2D eigenvalue weighted by Crippen LogP contribution is 2.27. The molecule has 3 aromatic rings. The lowest BCUT2D eigenvalue weighted by Crippen LogP contribution is -2.24. The van der Waals surface area contributed by atoms with E-state index in [1.54, 1.807) is 6.07 Å². The maximum atomic E-state index is 12.5. The van der Waals surface area contributed by atoms with E-state index in [0.29, 0.717) is 30.4 Å². The molecule has 1 aromatic heterocycles. The summed E-state index contributed by atoms with van der Waals surface area (Å²) in [7, 11) is 0. The van der Waals surface area contributed by atoms with Crippen molar-refractivity contribution in [2.45, 2.75) is 32.7 Å². The molecule has 0 bridgehead atoms. The van der Waals surface area contributed by atoms with Crippen LogP contribution in [0.15, 0.2) is 54.6 Å². The van der Waals surface area contributed by atoms with Gasteiger partial charge in [-0.15, -0.1) is 0 Å². The number of carbonyl (C=O) groups is 1. The molecule has 0 spiro atoms. The van der Waals surface area contributed by atoms with E-state index in [1.807, 2.05) is 54.1 Å². The van der Waals surface area contributed by atoms with Gasteiger partial charge in [0, 0.05) is 11.6 Å². The first kappa shape index (κ1) is 17.8. The van der Waals surface area contributed by atoms with Crippen molar-refractivity contribution in [3.8, 4) is 0 Å². The summed E-state index contributed by atoms with van der Waals surface area (Å²) >= 11 is 5.95. The zero-order valence-electron chi connectivity index (χ0n) is 15.0. The van der Waals surface area contributed by atoms with Crippen LogP contribution in [0.4, 0.5) is 0 Å². The molecular formula is C21H20ClN3O2. The number of carbonyl (C=O) groups excluding carboxylic acids is 1. The lowest BCUT2D eigenvalue weighted by molar-refractivity contribution is -0.00119. The highest BCUT2D eigenvalue weighted by Gasteiger charge is 2.24. The lowest BCUT2D eigenvalue weighted by Gasteiger charge is -2.24. The highest BCUT2D eigenvalue weighted by atomic mass is 35.5. The number of nitrogens with zero attached hydrogens (tertiary/aromatic N) is 2. The molecule has 1 atom stereocenters. The second kappa shape index (κ2) is 7.55. The summed E-state index contributed by atoms with van der Waals surface area (Å²) in [5, 5.41) is 8.10. The average Bonchev–Trinajstić information content (AvgIpc) is 3.10. The van der Waals surface area contributed by atoms with Gasteiger partial charge in [-0.05, 0) is 36.2 Å². The van der Waals surface area contributed by atoms with E-state index < -0.39 is 0 Å². The Bertz CT molecular complexity index is 966. The van der Waals surface area contributed by atoms with Crippen LogP contribution in [0, 0.1) is 6.92 Å². The topological polar surface area (TPSA) is 56.2 Å². The monoisotopic (exact) mass is 381 g/mol. The smallest absolute Gasteiger partial charge is 0.272 e. The number of benzene rings is 2. The summed E-state index contributed by atoms with van der Waals surface area (Å²) in [5.74, 6) is -0.179. The number of halogens is 1. The normalized spacial score (nSPS) is 16.0. The zero-order chi connectivity index (χ0) is 18.8. The predicted octanol–water partition coefficient (Wildman–Crippen LogP) is 4.05. The van der Waals surface area contributed by atoms with Crippen molar-refractivity contribution >= 4 is 17.5 Å². The Morgan fingerprint density at radius 1 is 1.26 bits per heavy atom. The van der Waals surface area contributed by atoms with E-state index in [-0.39, 0.29) is 12.0 Å². The van der Waals surface area contributed by atoms with E-state index in [4.69, 9.17) is 16.3 Å². The molecule has 1 N–H and O–H groups in total. The van der Waals surface area contributed by atoms with Crippen LogP contribution >= 0.6 is 11.6 Å². The van der Waals surface area contributed by atoms with Gasteiger partial charge in [-0.1, -0.05) is 53.6 Å². The van der Waals surface area contributed by atoms with Crippen molar-refractivity contribution < 1.29 is 9.53 Å². The minimum absolute atomic E-state index is 0.0992. The van der Waals surface area contributed by atoms with Crippen molar-refractivity contribution in [3.05, 3.63) is 87.7 Å². The minimum atomic E-state index is -0.179. The van der Waals surface area contributed by atoms with Crippen LogP contribution in [-0.4, -0.2) is 15.7 Å². The van der Waals surface area contributed by atoms with Gasteiger partial charge in [0.15, 0.2) is 5.69 Å². The molecular weight excluding hydrogens is 362 g/mol. The maximum Gasteiger partial charge on any atom is 0.272 e. The molecule has 27 heavy (non-hydrogen) atoms. The van der Waals surface area contributed by atoms with Gasteiger partial charge in [-0.3, -0.25) is 9.48 Å². The molecule has 5 nitrogen and oxygen atoms in total. The molecule has 2 heterocycles. The van der Waals surface area contributed by atoms with Crippen molar-refractivity contribution in [2.24, 2.45) is 0 Å². The van der Waals surface area contributed by atoms with Gasteiger partial charge in [-0.2, -0.15) is 5.10 Å². The van der Waals surface area contributed by atoms with Gasteiger partial charge >= 0.3 is 0 Å². The van der Waals surface area contributed by atoms with Crippen LogP contribution in [0.25, 0.3) is 0 Å². The third-order valence-corrected chi connectivity index (χ3v) is 4.90. The van der Waals surface area contributed by atoms with E-state index in [1.165, 1.54) is 5.56 Å². The second-order valence-corrected chi connectivity index (χ2v) is 7.16. The summed E-state index contributed by atoms with van der Waals surface area (Å²) in [6.45, 7) is 3.51. The molecule has 1 aliphatic heterocycles. The van der Waals surface area contributed by atoms with Gasteiger partial charge in [0.25, 0.3) is 5.91 Å². The Morgan fingerprint density at radius 3 is 2.85 bits per heavy atom. The Morgan fingerprint density at radius 2 is 2.07 bits per heavy atom. The number of nitrogens with one attached hydrogen (secondary N) is 1. The lowest BCUT2D eigenvalue weighted by atomic mass is 10.1. The number of hydrogen-bond acceptors (Lipinski definition) is 3. The van der Waals surface area contributed by atoms with Crippen molar-refractivity contribution in [2.75, 3.05) is 0 Å².